The highest BCUT2D eigenvalue weighted by atomic mass is 16.5. The first kappa shape index (κ1) is 20.2. The van der Waals surface area contributed by atoms with Crippen LogP contribution in [0.25, 0.3) is 10.9 Å². The molecule has 0 spiro atoms. The fourth-order valence-electron chi connectivity index (χ4n) is 4.50. The van der Waals surface area contributed by atoms with Gasteiger partial charge in [0.05, 0.1) is 20.3 Å². The minimum atomic E-state index is 0.228. The SMILES string of the molecule is COc1cc(OC)c2nc(N3CCCOC(CN4CCCCC4)C3)cc(C)c2c1. The summed E-state index contributed by atoms with van der Waals surface area (Å²) in [4.78, 5) is 9.95. The second-order valence-corrected chi connectivity index (χ2v) is 8.18. The van der Waals surface area contributed by atoms with Gasteiger partial charge >= 0.3 is 0 Å². The molecule has 2 aliphatic heterocycles. The summed E-state index contributed by atoms with van der Waals surface area (Å²) < 4.78 is 17.2. The second kappa shape index (κ2) is 9.18. The van der Waals surface area contributed by atoms with Crippen molar-refractivity contribution in [3.63, 3.8) is 0 Å². The van der Waals surface area contributed by atoms with Crippen molar-refractivity contribution in [2.45, 2.75) is 38.7 Å². The molecule has 0 saturated carbocycles. The monoisotopic (exact) mass is 399 g/mol. The lowest BCUT2D eigenvalue weighted by Crippen LogP contribution is -2.42. The number of anilines is 1. The maximum absolute atomic E-state index is 6.20. The van der Waals surface area contributed by atoms with Crippen molar-refractivity contribution in [2.24, 2.45) is 0 Å². The number of likely N-dealkylation sites (tertiary alicyclic amines) is 1. The van der Waals surface area contributed by atoms with Gasteiger partial charge in [0.25, 0.3) is 0 Å². The molecule has 1 aromatic carbocycles. The van der Waals surface area contributed by atoms with Crippen LogP contribution in [0.4, 0.5) is 5.82 Å². The number of fused-ring (bicyclic) bond motifs is 1. The molecule has 2 aliphatic rings. The summed E-state index contributed by atoms with van der Waals surface area (Å²) in [6.45, 7) is 8.22. The Morgan fingerprint density at radius 1 is 1.03 bits per heavy atom. The van der Waals surface area contributed by atoms with Gasteiger partial charge in [0.2, 0.25) is 0 Å². The summed E-state index contributed by atoms with van der Waals surface area (Å²) in [5, 5.41) is 1.07. The highest BCUT2D eigenvalue weighted by Gasteiger charge is 2.24. The van der Waals surface area contributed by atoms with Crippen LogP contribution in [0, 0.1) is 6.92 Å². The Labute approximate surface area is 173 Å². The molecule has 1 aromatic heterocycles. The average Bonchev–Trinajstić information content (AvgIpc) is 2.99. The Morgan fingerprint density at radius 3 is 2.62 bits per heavy atom. The Balaban J connectivity index is 1.60. The third-order valence-electron chi connectivity index (χ3n) is 6.09. The molecule has 1 atom stereocenters. The summed E-state index contributed by atoms with van der Waals surface area (Å²) in [5.41, 5.74) is 2.07. The van der Waals surface area contributed by atoms with Crippen molar-refractivity contribution in [1.29, 1.82) is 0 Å². The van der Waals surface area contributed by atoms with Gasteiger partial charge in [-0.25, -0.2) is 4.98 Å². The van der Waals surface area contributed by atoms with Crippen LogP contribution in [0.2, 0.25) is 0 Å². The average molecular weight is 400 g/mol. The highest BCUT2D eigenvalue weighted by molar-refractivity contribution is 5.90. The lowest BCUT2D eigenvalue weighted by Gasteiger charge is -2.32. The zero-order valence-corrected chi connectivity index (χ0v) is 17.9. The van der Waals surface area contributed by atoms with E-state index in [1.54, 1.807) is 14.2 Å². The zero-order valence-electron chi connectivity index (χ0n) is 17.9. The molecule has 0 bridgehead atoms. The number of benzene rings is 1. The smallest absolute Gasteiger partial charge is 0.148 e. The van der Waals surface area contributed by atoms with Crippen molar-refractivity contribution in [3.05, 3.63) is 23.8 Å². The van der Waals surface area contributed by atoms with E-state index in [1.165, 1.54) is 37.9 Å². The molecule has 4 rings (SSSR count). The van der Waals surface area contributed by atoms with Gasteiger partial charge in [-0.05, 0) is 57.0 Å². The molecule has 0 radical (unpaired) electrons. The molecule has 0 aliphatic carbocycles. The van der Waals surface area contributed by atoms with Gasteiger partial charge in [-0.1, -0.05) is 6.42 Å². The predicted molar refractivity (Wildman–Crippen MR) is 116 cm³/mol. The van der Waals surface area contributed by atoms with Crippen molar-refractivity contribution < 1.29 is 14.2 Å². The van der Waals surface area contributed by atoms with Crippen molar-refractivity contribution >= 4 is 16.7 Å². The molecule has 2 aromatic rings. The number of aromatic nitrogens is 1. The van der Waals surface area contributed by atoms with Gasteiger partial charge in [-0.2, -0.15) is 0 Å². The number of hydrogen-bond acceptors (Lipinski definition) is 6. The van der Waals surface area contributed by atoms with E-state index in [9.17, 15) is 0 Å². The maximum Gasteiger partial charge on any atom is 0.148 e. The molecular formula is C23H33N3O3. The predicted octanol–water partition coefficient (Wildman–Crippen LogP) is 3.64. The van der Waals surface area contributed by atoms with Crippen LogP contribution < -0.4 is 14.4 Å². The molecule has 0 N–H and O–H groups in total. The van der Waals surface area contributed by atoms with E-state index < -0.39 is 0 Å². The lowest BCUT2D eigenvalue weighted by atomic mass is 10.1. The summed E-state index contributed by atoms with van der Waals surface area (Å²) in [6.07, 6.45) is 5.23. The number of ether oxygens (including phenoxy) is 3. The minimum Gasteiger partial charge on any atom is -0.497 e. The van der Waals surface area contributed by atoms with Crippen molar-refractivity contribution in [2.75, 3.05) is 58.5 Å². The number of methoxy groups -OCH3 is 2. The molecule has 2 saturated heterocycles. The third kappa shape index (κ3) is 4.59. The summed E-state index contributed by atoms with van der Waals surface area (Å²) >= 11 is 0. The Kier molecular flexibility index (Phi) is 6.40. The first-order valence-electron chi connectivity index (χ1n) is 10.8. The van der Waals surface area contributed by atoms with Crippen LogP contribution in [0.5, 0.6) is 11.5 Å². The fourth-order valence-corrected chi connectivity index (χ4v) is 4.50. The van der Waals surface area contributed by atoms with E-state index in [1.807, 2.05) is 12.1 Å². The van der Waals surface area contributed by atoms with Crippen LogP contribution in [0.1, 0.15) is 31.2 Å². The van der Waals surface area contributed by atoms with E-state index in [4.69, 9.17) is 19.2 Å². The molecule has 158 valence electrons. The van der Waals surface area contributed by atoms with Crippen LogP contribution >= 0.6 is 0 Å². The number of rotatable bonds is 5. The van der Waals surface area contributed by atoms with E-state index in [-0.39, 0.29) is 6.10 Å². The molecule has 29 heavy (non-hydrogen) atoms. The molecule has 0 amide bonds. The molecule has 2 fully saturated rings. The highest BCUT2D eigenvalue weighted by Crippen LogP contribution is 2.34. The molecule has 6 nitrogen and oxygen atoms in total. The number of aryl methyl sites for hydroxylation is 1. The number of piperidine rings is 1. The fraction of sp³-hybridized carbons (Fsp3) is 0.609. The van der Waals surface area contributed by atoms with Crippen molar-refractivity contribution in [1.82, 2.24) is 9.88 Å². The standard InChI is InChI=1S/C23H33N3O3/c1-17-12-22(24-23-20(17)13-18(27-2)14-21(23)28-3)26-10-7-11-29-19(16-26)15-25-8-5-4-6-9-25/h12-14,19H,4-11,15-16H2,1-3H3. The molecule has 1 unspecified atom stereocenters. The van der Waals surface area contributed by atoms with Gasteiger partial charge in [0.1, 0.15) is 22.8 Å². The van der Waals surface area contributed by atoms with E-state index in [0.29, 0.717) is 0 Å². The van der Waals surface area contributed by atoms with Gasteiger partial charge < -0.3 is 24.0 Å². The van der Waals surface area contributed by atoms with Gasteiger partial charge in [-0.3, -0.25) is 0 Å². The maximum atomic E-state index is 6.20. The second-order valence-electron chi connectivity index (χ2n) is 8.18. The lowest BCUT2D eigenvalue weighted by molar-refractivity contribution is 0.0350. The van der Waals surface area contributed by atoms with E-state index in [2.05, 4.69) is 22.8 Å². The Morgan fingerprint density at radius 2 is 1.86 bits per heavy atom. The van der Waals surface area contributed by atoms with Gasteiger partial charge in [0.15, 0.2) is 0 Å². The van der Waals surface area contributed by atoms with Gasteiger partial charge in [0, 0.05) is 37.7 Å². The normalized spacial score (nSPS) is 21.2. The number of hydrogen-bond donors (Lipinski definition) is 0. The number of nitrogens with zero attached hydrogens (tertiary/aromatic N) is 3. The summed E-state index contributed by atoms with van der Waals surface area (Å²) in [7, 11) is 3.36. The quantitative estimate of drug-likeness (QED) is 0.765. The van der Waals surface area contributed by atoms with Crippen LogP contribution in [0.15, 0.2) is 18.2 Å². The topological polar surface area (TPSA) is 47.1 Å². The van der Waals surface area contributed by atoms with Crippen LogP contribution in [0.3, 0.4) is 0 Å². The summed E-state index contributed by atoms with van der Waals surface area (Å²) in [5.74, 6) is 2.55. The number of pyridine rings is 1. The molecule has 6 heteroatoms. The zero-order chi connectivity index (χ0) is 20.2. The first-order chi connectivity index (χ1) is 14.2. The first-order valence-corrected chi connectivity index (χ1v) is 10.8. The Bertz CT molecular complexity index is 836. The largest absolute Gasteiger partial charge is 0.497 e. The minimum absolute atomic E-state index is 0.228. The van der Waals surface area contributed by atoms with Crippen LogP contribution in [-0.4, -0.2) is 69.5 Å². The van der Waals surface area contributed by atoms with E-state index >= 15 is 0 Å². The Hall–Kier alpha value is -2.05. The van der Waals surface area contributed by atoms with Crippen molar-refractivity contribution in [3.8, 4) is 11.5 Å². The van der Waals surface area contributed by atoms with E-state index in [0.717, 1.165) is 60.9 Å². The summed E-state index contributed by atoms with van der Waals surface area (Å²) in [6, 6.07) is 6.13. The van der Waals surface area contributed by atoms with Crippen LogP contribution in [-0.2, 0) is 4.74 Å². The molecule has 3 heterocycles. The van der Waals surface area contributed by atoms with Gasteiger partial charge in [-0.15, -0.1) is 0 Å². The molecular weight excluding hydrogens is 366 g/mol. The third-order valence-corrected chi connectivity index (χ3v) is 6.09.